The van der Waals surface area contributed by atoms with E-state index in [1.54, 1.807) is 0 Å². The third kappa shape index (κ3) is 5.13. The minimum absolute atomic E-state index is 0.286. The predicted molar refractivity (Wildman–Crippen MR) is 102 cm³/mol. The zero-order valence-electron chi connectivity index (χ0n) is 16.9. The Morgan fingerprint density at radius 2 is 1.55 bits per heavy atom. The first-order valence-electron chi connectivity index (χ1n) is 9.76. The molecule has 1 aromatic rings. The molecule has 2 heterocycles. The predicted octanol–water partition coefficient (Wildman–Crippen LogP) is 1.45. The summed E-state index contributed by atoms with van der Waals surface area (Å²) in [5.41, 5.74) is 1.03. The van der Waals surface area contributed by atoms with E-state index in [1.165, 1.54) is 20.8 Å². The molecule has 8 nitrogen and oxygen atoms in total. The van der Waals surface area contributed by atoms with Gasteiger partial charge in [0.1, 0.15) is 6.10 Å². The highest BCUT2D eigenvalue weighted by atomic mass is 16.6. The number of nitrogens with zero attached hydrogens (tertiary/aromatic N) is 1. The average molecular weight is 405 g/mol. The zero-order chi connectivity index (χ0) is 21.0. The second kappa shape index (κ2) is 9.37. The number of benzene rings is 1. The summed E-state index contributed by atoms with van der Waals surface area (Å²) >= 11 is 0. The Balaban J connectivity index is 1.78. The number of hydrogen-bond donors (Lipinski definition) is 0. The quantitative estimate of drug-likeness (QED) is 0.497. The van der Waals surface area contributed by atoms with Gasteiger partial charge in [0.25, 0.3) is 0 Å². The minimum atomic E-state index is -0.728. The molecular formula is C21H27NO7. The second-order valence-corrected chi connectivity index (χ2v) is 7.38. The van der Waals surface area contributed by atoms with Crippen LogP contribution in [0.4, 0.5) is 0 Å². The van der Waals surface area contributed by atoms with Gasteiger partial charge in [-0.3, -0.25) is 19.3 Å². The molecule has 0 radical (unpaired) electrons. The van der Waals surface area contributed by atoms with Crippen molar-refractivity contribution in [3.63, 3.8) is 0 Å². The monoisotopic (exact) mass is 405 g/mol. The maximum atomic E-state index is 11.7. The van der Waals surface area contributed by atoms with E-state index in [4.69, 9.17) is 18.9 Å². The van der Waals surface area contributed by atoms with Crippen LogP contribution in [0, 0.1) is 0 Å². The fourth-order valence-corrected chi connectivity index (χ4v) is 4.27. The lowest BCUT2D eigenvalue weighted by molar-refractivity contribution is -0.168. The lowest BCUT2D eigenvalue weighted by atomic mass is 10.0. The Bertz CT molecular complexity index is 738. The molecule has 0 N–H and O–H groups in total. The van der Waals surface area contributed by atoms with Crippen LogP contribution in [0.25, 0.3) is 0 Å². The summed E-state index contributed by atoms with van der Waals surface area (Å²) in [6.07, 6.45) is -1.25. The number of carbonyl (C=O) groups is 3. The van der Waals surface area contributed by atoms with Crippen LogP contribution in [0.3, 0.4) is 0 Å². The van der Waals surface area contributed by atoms with Crippen LogP contribution in [-0.2, 0) is 39.9 Å². The molecule has 29 heavy (non-hydrogen) atoms. The molecule has 0 saturated carbocycles. The third-order valence-corrected chi connectivity index (χ3v) is 5.22. The molecule has 2 aliphatic rings. The Kier molecular flexibility index (Phi) is 6.87. The van der Waals surface area contributed by atoms with Gasteiger partial charge < -0.3 is 18.9 Å². The summed E-state index contributed by atoms with van der Waals surface area (Å²) < 4.78 is 22.5. The van der Waals surface area contributed by atoms with Crippen LogP contribution < -0.4 is 0 Å². The van der Waals surface area contributed by atoms with Gasteiger partial charge in [0, 0.05) is 27.3 Å². The van der Waals surface area contributed by atoms with Gasteiger partial charge in [-0.05, 0) is 12.0 Å². The van der Waals surface area contributed by atoms with Crippen molar-refractivity contribution in [1.82, 2.24) is 4.90 Å². The van der Waals surface area contributed by atoms with Crippen molar-refractivity contribution < 1.29 is 33.3 Å². The molecule has 158 valence electrons. The molecule has 0 aromatic heterocycles. The summed E-state index contributed by atoms with van der Waals surface area (Å²) in [6, 6.07) is 9.06. The van der Waals surface area contributed by atoms with Crippen molar-refractivity contribution in [2.75, 3.05) is 13.2 Å². The van der Waals surface area contributed by atoms with Crippen molar-refractivity contribution in [2.24, 2.45) is 0 Å². The van der Waals surface area contributed by atoms with Crippen molar-refractivity contribution in [2.45, 2.75) is 64.2 Å². The number of carbonyl (C=O) groups excluding carboxylic acids is 3. The van der Waals surface area contributed by atoms with Crippen LogP contribution in [0.15, 0.2) is 30.3 Å². The Labute approximate surface area is 170 Å². The summed E-state index contributed by atoms with van der Waals surface area (Å²) in [5.74, 6) is -1.34. The van der Waals surface area contributed by atoms with Gasteiger partial charge in [0.05, 0.1) is 25.3 Å². The Morgan fingerprint density at radius 1 is 0.931 bits per heavy atom. The van der Waals surface area contributed by atoms with Gasteiger partial charge in [-0.15, -0.1) is 0 Å². The van der Waals surface area contributed by atoms with E-state index in [0.29, 0.717) is 19.6 Å². The lowest BCUT2D eigenvalue weighted by Gasteiger charge is -2.27. The van der Waals surface area contributed by atoms with Crippen molar-refractivity contribution in [3.05, 3.63) is 35.9 Å². The molecule has 5 atom stereocenters. The van der Waals surface area contributed by atoms with Crippen LogP contribution in [0.1, 0.15) is 32.8 Å². The largest absolute Gasteiger partial charge is 0.461 e. The van der Waals surface area contributed by atoms with Gasteiger partial charge >= 0.3 is 17.9 Å². The Hall–Kier alpha value is -2.45. The standard InChI is InChI=1S/C21H27NO7/c1-13(23)27-18-9-10-22-17(12-26-11-16-7-5-4-6-8-16)20(28-14(2)24)21(19(18)22)29-15(3)25/h4-8,17-21H,9-12H2,1-3H3/t17-,18+,19-,20-,21-/m1/s1. The second-order valence-electron chi connectivity index (χ2n) is 7.38. The fraction of sp³-hybridized carbons (Fsp3) is 0.571. The van der Waals surface area contributed by atoms with E-state index < -0.39 is 36.2 Å². The number of ether oxygens (including phenoxy) is 4. The molecule has 2 saturated heterocycles. The highest BCUT2D eigenvalue weighted by Crippen LogP contribution is 2.38. The van der Waals surface area contributed by atoms with Crippen LogP contribution in [0.5, 0.6) is 0 Å². The highest BCUT2D eigenvalue weighted by molar-refractivity contribution is 5.68. The van der Waals surface area contributed by atoms with E-state index in [9.17, 15) is 14.4 Å². The average Bonchev–Trinajstić information content (AvgIpc) is 3.16. The molecule has 0 bridgehead atoms. The topological polar surface area (TPSA) is 91.4 Å². The lowest BCUT2D eigenvalue weighted by Crippen LogP contribution is -2.44. The van der Waals surface area contributed by atoms with Gasteiger partial charge in [0.15, 0.2) is 12.2 Å². The summed E-state index contributed by atoms with van der Waals surface area (Å²) in [6.45, 7) is 5.30. The fourth-order valence-electron chi connectivity index (χ4n) is 4.27. The third-order valence-electron chi connectivity index (χ3n) is 5.22. The molecule has 3 rings (SSSR count). The summed E-state index contributed by atoms with van der Waals surface area (Å²) in [5, 5.41) is 0. The summed E-state index contributed by atoms with van der Waals surface area (Å²) in [7, 11) is 0. The molecule has 0 aliphatic carbocycles. The molecule has 0 spiro atoms. The van der Waals surface area contributed by atoms with E-state index in [2.05, 4.69) is 4.90 Å². The first-order chi connectivity index (χ1) is 13.9. The summed E-state index contributed by atoms with van der Waals surface area (Å²) in [4.78, 5) is 37.1. The SMILES string of the molecule is CC(=O)O[C@H]1[C@H](OC(C)=O)[C@@H](COCc2ccccc2)N2CC[C@H](OC(C)=O)[C@H]12. The molecule has 2 aliphatic heterocycles. The zero-order valence-corrected chi connectivity index (χ0v) is 16.9. The number of esters is 3. The van der Waals surface area contributed by atoms with Crippen LogP contribution in [0.2, 0.25) is 0 Å². The van der Waals surface area contributed by atoms with Gasteiger partial charge in [0.2, 0.25) is 0 Å². The van der Waals surface area contributed by atoms with Crippen molar-refractivity contribution in [3.8, 4) is 0 Å². The van der Waals surface area contributed by atoms with E-state index >= 15 is 0 Å². The minimum Gasteiger partial charge on any atom is -0.461 e. The normalized spacial score (nSPS) is 28.6. The molecule has 0 amide bonds. The maximum Gasteiger partial charge on any atom is 0.303 e. The molecule has 8 heteroatoms. The molecular weight excluding hydrogens is 378 g/mol. The number of fused-ring (bicyclic) bond motifs is 1. The van der Waals surface area contributed by atoms with E-state index in [1.807, 2.05) is 30.3 Å². The molecule has 2 fully saturated rings. The van der Waals surface area contributed by atoms with Crippen LogP contribution in [-0.4, -0.2) is 66.4 Å². The van der Waals surface area contributed by atoms with E-state index in [0.717, 1.165) is 5.56 Å². The highest BCUT2D eigenvalue weighted by Gasteiger charge is 2.59. The Morgan fingerprint density at radius 3 is 2.17 bits per heavy atom. The van der Waals surface area contributed by atoms with Gasteiger partial charge in [-0.25, -0.2) is 0 Å². The maximum absolute atomic E-state index is 11.7. The van der Waals surface area contributed by atoms with Crippen molar-refractivity contribution >= 4 is 17.9 Å². The first kappa shape index (κ1) is 21.3. The number of hydrogen-bond acceptors (Lipinski definition) is 8. The van der Waals surface area contributed by atoms with Crippen molar-refractivity contribution in [1.29, 1.82) is 0 Å². The van der Waals surface area contributed by atoms with E-state index in [-0.39, 0.29) is 18.7 Å². The van der Waals surface area contributed by atoms with Crippen LogP contribution >= 0.6 is 0 Å². The van der Waals surface area contributed by atoms with Gasteiger partial charge in [-0.2, -0.15) is 0 Å². The molecule has 1 aromatic carbocycles. The first-order valence-corrected chi connectivity index (χ1v) is 9.76. The number of rotatable bonds is 7. The smallest absolute Gasteiger partial charge is 0.303 e. The van der Waals surface area contributed by atoms with Gasteiger partial charge in [-0.1, -0.05) is 30.3 Å². The molecule has 0 unspecified atom stereocenters.